The fraction of sp³-hybridized carbons (Fsp3) is 0.727. The van der Waals surface area contributed by atoms with Gasteiger partial charge in [0.25, 0.3) is 0 Å². The Labute approximate surface area is 84.7 Å². The van der Waals surface area contributed by atoms with E-state index in [1.54, 1.807) is 0 Å². The number of aryl methyl sites for hydroxylation is 2. The molecule has 3 nitrogen and oxygen atoms in total. The van der Waals surface area contributed by atoms with Gasteiger partial charge in [-0.05, 0) is 45.1 Å². The van der Waals surface area contributed by atoms with E-state index in [9.17, 15) is 5.11 Å². The lowest BCUT2D eigenvalue weighted by Gasteiger charge is -2.31. The molecule has 14 heavy (non-hydrogen) atoms. The standard InChI is InChI=1S/C11H18N2O/c1-4-13-8(3)11(7(2)12-13)9-5-10(14)6-9/h9-10,14H,4-6H2,1-3H3. The molecule has 0 radical (unpaired) electrons. The van der Waals surface area contributed by atoms with Crippen LogP contribution in [0.1, 0.15) is 42.6 Å². The third kappa shape index (κ3) is 1.36. The molecule has 0 aromatic carbocycles. The highest BCUT2D eigenvalue weighted by molar-refractivity contribution is 5.30. The first-order chi connectivity index (χ1) is 6.63. The molecule has 0 aliphatic heterocycles. The molecule has 0 saturated heterocycles. The van der Waals surface area contributed by atoms with Crippen LogP contribution < -0.4 is 0 Å². The van der Waals surface area contributed by atoms with E-state index in [4.69, 9.17) is 0 Å². The van der Waals surface area contributed by atoms with Crippen molar-refractivity contribution in [2.75, 3.05) is 0 Å². The Bertz CT molecular complexity index is 337. The molecule has 78 valence electrons. The van der Waals surface area contributed by atoms with Crippen LogP contribution in [-0.2, 0) is 6.54 Å². The van der Waals surface area contributed by atoms with E-state index in [0.29, 0.717) is 5.92 Å². The Morgan fingerprint density at radius 3 is 2.50 bits per heavy atom. The molecule has 1 heterocycles. The number of aromatic nitrogens is 2. The zero-order valence-electron chi connectivity index (χ0n) is 9.12. The summed E-state index contributed by atoms with van der Waals surface area (Å²) < 4.78 is 2.05. The van der Waals surface area contributed by atoms with Crippen molar-refractivity contribution in [3.63, 3.8) is 0 Å². The van der Waals surface area contributed by atoms with Crippen molar-refractivity contribution < 1.29 is 5.11 Å². The Morgan fingerprint density at radius 1 is 1.43 bits per heavy atom. The Balaban J connectivity index is 2.28. The quantitative estimate of drug-likeness (QED) is 0.779. The molecular weight excluding hydrogens is 176 g/mol. The highest BCUT2D eigenvalue weighted by atomic mass is 16.3. The minimum Gasteiger partial charge on any atom is -0.393 e. The van der Waals surface area contributed by atoms with E-state index in [1.807, 2.05) is 0 Å². The van der Waals surface area contributed by atoms with Gasteiger partial charge in [0.05, 0.1) is 11.8 Å². The van der Waals surface area contributed by atoms with Gasteiger partial charge in [-0.3, -0.25) is 4.68 Å². The molecular formula is C11H18N2O. The van der Waals surface area contributed by atoms with Gasteiger partial charge in [0, 0.05) is 12.2 Å². The van der Waals surface area contributed by atoms with Crippen LogP contribution in [0, 0.1) is 13.8 Å². The molecule has 2 rings (SSSR count). The molecule has 1 aromatic rings. The smallest absolute Gasteiger partial charge is 0.0631 e. The SMILES string of the molecule is CCn1nc(C)c(C2CC(O)C2)c1C. The van der Waals surface area contributed by atoms with Crippen LogP contribution >= 0.6 is 0 Å². The largest absolute Gasteiger partial charge is 0.393 e. The van der Waals surface area contributed by atoms with E-state index in [2.05, 4.69) is 30.6 Å². The molecule has 1 aliphatic rings. The summed E-state index contributed by atoms with van der Waals surface area (Å²) in [7, 11) is 0. The normalized spacial score (nSPS) is 26.3. The molecule has 1 aromatic heterocycles. The van der Waals surface area contributed by atoms with Gasteiger partial charge in [-0.2, -0.15) is 5.10 Å². The molecule has 1 fully saturated rings. The zero-order chi connectivity index (χ0) is 10.3. The van der Waals surface area contributed by atoms with Gasteiger partial charge < -0.3 is 5.11 Å². The first-order valence-corrected chi connectivity index (χ1v) is 5.35. The Hall–Kier alpha value is -0.830. The molecule has 0 amide bonds. The predicted octanol–water partition coefficient (Wildman–Crippen LogP) is 1.76. The van der Waals surface area contributed by atoms with Crippen molar-refractivity contribution in [1.82, 2.24) is 9.78 Å². The maximum atomic E-state index is 9.30. The number of hydrogen-bond donors (Lipinski definition) is 1. The summed E-state index contributed by atoms with van der Waals surface area (Å²) in [5, 5.41) is 13.8. The van der Waals surface area contributed by atoms with E-state index in [0.717, 1.165) is 25.1 Å². The molecule has 0 spiro atoms. The maximum Gasteiger partial charge on any atom is 0.0631 e. The van der Waals surface area contributed by atoms with Gasteiger partial charge >= 0.3 is 0 Å². The van der Waals surface area contributed by atoms with E-state index in [-0.39, 0.29) is 6.10 Å². The second kappa shape index (κ2) is 3.39. The van der Waals surface area contributed by atoms with Crippen molar-refractivity contribution in [3.8, 4) is 0 Å². The molecule has 0 atom stereocenters. The van der Waals surface area contributed by atoms with Crippen molar-refractivity contribution >= 4 is 0 Å². The fourth-order valence-electron chi connectivity index (χ4n) is 2.43. The summed E-state index contributed by atoms with van der Waals surface area (Å²) in [5.41, 5.74) is 3.79. The topological polar surface area (TPSA) is 38.0 Å². The highest BCUT2D eigenvalue weighted by Crippen LogP contribution is 2.39. The van der Waals surface area contributed by atoms with Crippen molar-refractivity contribution in [2.24, 2.45) is 0 Å². The molecule has 3 heteroatoms. The first kappa shape index (κ1) is 9.71. The Morgan fingerprint density at radius 2 is 2.07 bits per heavy atom. The van der Waals surface area contributed by atoms with Gasteiger partial charge in [-0.15, -0.1) is 0 Å². The molecule has 0 unspecified atom stereocenters. The first-order valence-electron chi connectivity index (χ1n) is 5.35. The summed E-state index contributed by atoms with van der Waals surface area (Å²) in [5.74, 6) is 0.547. The average Bonchev–Trinajstić information content (AvgIpc) is 2.37. The number of aliphatic hydroxyl groups is 1. The van der Waals surface area contributed by atoms with Gasteiger partial charge in [-0.25, -0.2) is 0 Å². The third-order valence-electron chi connectivity index (χ3n) is 3.26. The van der Waals surface area contributed by atoms with Crippen LogP contribution in [0.3, 0.4) is 0 Å². The monoisotopic (exact) mass is 194 g/mol. The fourth-order valence-corrected chi connectivity index (χ4v) is 2.43. The summed E-state index contributed by atoms with van der Waals surface area (Å²) in [4.78, 5) is 0. The van der Waals surface area contributed by atoms with Crippen molar-refractivity contribution in [3.05, 3.63) is 17.0 Å². The molecule has 1 aliphatic carbocycles. The van der Waals surface area contributed by atoms with Crippen molar-refractivity contribution in [2.45, 2.75) is 52.2 Å². The summed E-state index contributed by atoms with van der Waals surface area (Å²) >= 11 is 0. The number of hydrogen-bond acceptors (Lipinski definition) is 2. The number of nitrogens with zero attached hydrogens (tertiary/aromatic N) is 2. The summed E-state index contributed by atoms with van der Waals surface area (Å²) in [6.45, 7) is 7.24. The minimum absolute atomic E-state index is 0.0798. The van der Waals surface area contributed by atoms with Crippen LogP contribution in [-0.4, -0.2) is 21.0 Å². The number of rotatable bonds is 2. The van der Waals surface area contributed by atoms with Crippen molar-refractivity contribution in [1.29, 1.82) is 0 Å². The third-order valence-corrected chi connectivity index (χ3v) is 3.26. The van der Waals surface area contributed by atoms with Gasteiger partial charge in [0.15, 0.2) is 0 Å². The van der Waals surface area contributed by atoms with Crippen LogP contribution in [0.5, 0.6) is 0 Å². The predicted molar refractivity (Wildman–Crippen MR) is 55.4 cm³/mol. The van der Waals surface area contributed by atoms with Gasteiger partial charge in [-0.1, -0.05) is 0 Å². The van der Waals surface area contributed by atoms with E-state index in [1.165, 1.54) is 11.3 Å². The lowest BCUT2D eigenvalue weighted by Crippen LogP contribution is -2.27. The lowest BCUT2D eigenvalue weighted by atomic mass is 9.77. The van der Waals surface area contributed by atoms with Crippen LogP contribution in [0.15, 0.2) is 0 Å². The van der Waals surface area contributed by atoms with Crippen LogP contribution in [0.4, 0.5) is 0 Å². The number of aliphatic hydroxyl groups excluding tert-OH is 1. The van der Waals surface area contributed by atoms with Gasteiger partial charge in [0.2, 0.25) is 0 Å². The second-order valence-corrected chi connectivity index (χ2v) is 4.22. The maximum absolute atomic E-state index is 9.30. The van der Waals surface area contributed by atoms with Crippen LogP contribution in [0.25, 0.3) is 0 Å². The molecule has 1 saturated carbocycles. The minimum atomic E-state index is -0.0798. The van der Waals surface area contributed by atoms with Gasteiger partial charge in [0.1, 0.15) is 0 Å². The molecule has 1 N–H and O–H groups in total. The van der Waals surface area contributed by atoms with E-state index >= 15 is 0 Å². The Kier molecular flexibility index (Phi) is 2.35. The summed E-state index contributed by atoms with van der Waals surface area (Å²) in [6.07, 6.45) is 1.75. The highest BCUT2D eigenvalue weighted by Gasteiger charge is 2.32. The lowest BCUT2D eigenvalue weighted by molar-refractivity contribution is 0.0742. The average molecular weight is 194 g/mol. The second-order valence-electron chi connectivity index (χ2n) is 4.22. The molecule has 0 bridgehead atoms. The van der Waals surface area contributed by atoms with E-state index < -0.39 is 0 Å². The van der Waals surface area contributed by atoms with Crippen LogP contribution in [0.2, 0.25) is 0 Å². The summed E-state index contributed by atoms with van der Waals surface area (Å²) in [6, 6.07) is 0. The zero-order valence-corrected chi connectivity index (χ0v) is 9.12.